The van der Waals surface area contributed by atoms with Gasteiger partial charge in [0.25, 0.3) is 11.8 Å². The van der Waals surface area contributed by atoms with Gasteiger partial charge in [0, 0.05) is 36.6 Å². The molecule has 3 heterocycles. The molecule has 154 valence electrons. The van der Waals surface area contributed by atoms with E-state index in [1.54, 1.807) is 0 Å². The third-order valence-corrected chi connectivity index (χ3v) is 4.92. The Bertz CT molecular complexity index is 882. The number of nitrogens with zero attached hydrogens (tertiary/aromatic N) is 4. The van der Waals surface area contributed by atoms with E-state index < -0.39 is 23.6 Å². The summed E-state index contributed by atoms with van der Waals surface area (Å²) in [7, 11) is 0. The fourth-order valence-electron chi connectivity index (χ4n) is 3.46. The number of alkyl halides is 3. The van der Waals surface area contributed by atoms with Crippen LogP contribution in [0, 0.1) is 0 Å². The second kappa shape index (κ2) is 7.66. The molecule has 0 saturated carbocycles. The first-order chi connectivity index (χ1) is 13.7. The van der Waals surface area contributed by atoms with Crippen molar-refractivity contribution < 1.29 is 28.0 Å². The fourth-order valence-corrected chi connectivity index (χ4v) is 3.46. The van der Waals surface area contributed by atoms with E-state index in [4.69, 9.17) is 5.21 Å². The molecule has 0 aliphatic carbocycles. The van der Waals surface area contributed by atoms with E-state index >= 15 is 0 Å². The van der Waals surface area contributed by atoms with Crippen molar-refractivity contribution in [1.29, 1.82) is 0 Å². The van der Waals surface area contributed by atoms with Crippen molar-refractivity contribution in [3.05, 3.63) is 54.4 Å². The number of hydrogen-bond donors (Lipinski definition) is 2. The van der Waals surface area contributed by atoms with E-state index in [9.17, 15) is 22.8 Å². The molecule has 2 amide bonds. The number of hydrogen-bond acceptors (Lipinski definition) is 6. The van der Waals surface area contributed by atoms with Gasteiger partial charge < -0.3 is 9.80 Å². The molecule has 2 fully saturated rings. The smallest absolute Gasteiger partial charge is 0.334 e. The maximum Gasteiger partial charge on any atom is 0.415 e. The molecule has 29 heavy (non-hydrogen) atoms. The predicted octanol–water partition coefficient (Wildman–Crippen LogP) is 1.62. The van der Waals surface area contributed by atoms with Crippen LogP contribution in [0.3, 0.4) is 0 Å². The maximum atomic E-state index is 12.7. The Morgan fingerprint density at radius 3 is 2.38 bits per heavy atom. The Labute approximate surface area is 164 Å². The van der Waals surface area contributed by atoms with Crippen LogP contribution in [0.2, 0.25) is 0 Å². The number of likely N-dealkylation sites (tertiary alicyclic amines) is 1. The van der Waals surface area contributed by atoms with Gasteiger partial charge in [0.15, 0.2) is 0 Å². The molecule has 1 aromatic rings. The molecule has 2 atom stereocenters. The zero-order valence-corrected chi connectivity index (χ0v) is 15.2. The quantitative estimate of drug-likeness (QED) is 0.332. The summed E-state index contributed by atoms with van der Waals surface area (Å²) in [6.07, 6.45) is 0.336. The molecule has 3 rings (SSSR count). The average Bonchev–Trinajstić information content (AvgIpc) is 3.31. The number of amides is 2. The first-order valence-corrected chi connectivity index (χ1v) is 8.60. The Balaban J connectivity index is 1.70. The zero-order chi connectivity index (χ0) is 21.3. The second-order valence-electron chi connectivity index (χ2n) is 6.69. The van der Waals surface area contributed by atoms with Crippen molar-refractivity contribution >= 4 is 17.8 Å². The number of rotatable bonds is 5. The lowest BCUT2D eigenvalue weighted by Crippen LogP contribution is -2.49. The molecule has 11 heteroatoms. The van der Waals surface area contributed by atoms with Gasteiger partial charge in [0.2, 0.25) is 5.95 Å². The monoisotopic (exact) mass is 409 g/mol. The number of aromatic nitrogens is 2. The van der Waals surface area contributed by atoms with Gasteiger partial charge in [0.1, 0.15) is 0 Å². The van der Waals surface area contributed by atoms with Crippen LogP contribution in [0.1, 0.15) is 16.8 Å². The minimum absolute atomic E-state index is 0.0862. The van der Waals surface area contributed by atoms with Gasteiger partial charge in [-0.25, -0.2) is 15.4 Å². The number of hydroxylamine groups is 1. The molecular weight excluding hydrogens is 391 g/mol. The fraction of sp³-hybridized carbons (Fsp3) is 0.333. The highest BCUT2D eigenvalue weighted by atomic mass is 19.4. The molecular formula is C18H18F3N5O3. The Morgan fingerprint density at radius 2 is 1.90 bits per heavy atom. The summed E-state index contributed by atoms with van der Waals surface area (Å²) in [5.41, 5.74) is 0.291. The molecule has 0 aromatic carbocycles. The highest BCUT2D eigenvalue weighted by Crippen LogP contribution is 2.34. The lowest BCUT2D eigenvalue weighted by atomic mass is 10.1. The highest BCUT2D eigenvalue weighted by Gasteiger charge is 2.46. The molecule has 2 aliphatic rings. The van der Waals surface area contributed by atoms with Crippen molar-refractivity contribution in [1.82, 2.24) is 20.3 Å². The van der Waals surface area contributed by atoms with Crippen LogP contribution in [0.5, 0.6) is 0 Å². The van der Waals surface area contributed by atoms with Crippen LogP contribution in [-0.4, -0.2) is 63.2 Å². The van der Waals surface area contributed by atoms with Crippen LogP contribution in [0.4, 0.5) is 19.1 Å². The molecule has 2 aliphatic heterocycles. The van der Waals surface area contributed by atoms with Crippen LogP contribution in [-0.2, 0) is 4.79 Å². The standard InChI is InChI=1S/C18H18F3N5O3/c1-3-11(4-10(2)18(19,20)21)16(28)25-8-14-5-13(25)9-26(14)17-22-6-12(7-23-17)15(27)24-29/h3-4,6-7,13-14,29H,1-2,5,8-9H2,(H,24,27)/b11-4+/t13-,14?/m0/s1. The summed E-state index contributed by atoms with van der Waals surface area (Å²) in [6.45, 7) is 7.11. The average molecular weight is 409 g/mol. The summed E-state index contributed by atoms with van der Waals surface area (Å²) in [4.78, 5) is 35.6. The van der Waals surface area contributed by atoms with Gasteiger partial charge in [-0.3, -0.25) is 14.8 Å². The summed E-state index contributed by atoms with van der Waals surface area (Å²) in [6, 6.07) is -0.308. The third kappa shape index (κ3) is 3.99. The molecule has 8 nitrogen and oxygen atoms in total. The van der Waals surface area contributed by atoms with Crippen LogP contribution >= 0.6 is 0 Å². The number of carbonyl (C=O) groups is 2. The third-order valence-electron chi connectivity index (χ3n) is 4.92. The molecule has 1 aromatic heterocycles. The number of anilines is 1. The van der Waals surface area contributed by atoms with Crippen molar-refractivity contribution in [2.75, 3.05) is 18.0 Å². The van der Waals surface area contributed by atoms with Crippen molar-refractivity contribution in [3.63, 3.8) is 0 Å². The van der Waals surface area contributed by atoms with Crippen molar-refractivity contribution in [2.45, 2.75) is 24.7 Å². The molecule has 2 N–H and O–H groups in total. The maximum absolute atomic E-state index is 12.7. The lowest BCUT2D eigenvalue weighted by Gasteiger charge is -2.34. The summed E-state index contributed by atoms with van der Waals surface area (Å²) in [5.74, 6) is -0.905. The lowest BCUT2D eigenvalue weighted by molar-refractivity contribution is -0.127. The number of fused-ring (bicyclic) bond motifs is 2. The molecule has 0 spiro atoms. The van der Waals surface area contributed by atoms with E-state index in [1.165, 1.54) is 22.8 Å². The highest BCUT2D eigenvalue weighted by molar-refractivity contribution is 5.97. The number of nitrogens with one attached hydrogen (secondary N) is 1. The van der Waals surface area contributed by atoms with E-state index in [-0.39, 0.29) is 23.2 Å². The molecule has 0 radical (unpaired) electrons. The van der Waals surface area contributed by atoms with Crippen molar-refractivity contribution in [2.24, 2.45) is 0 Å². The first-order valence-electron chi connectivity index (χ1n) is 8.60. The predicted molar refractivity (Wildman–Crippen MR) is 96.0 cm³/mol. The second-order valence-corrected chi connectivity index (χ2v) is 6.69. The summed E-state index contributed by atoms with van der Waals surface area (Å²) in [5, 5.41) is 8.62. The van der Waals surface area contributed by atoms with E-state index in [1.807, 2.05) is 4.90 Å². The minimum Gasteiger partial charge on any atom is -0.334 e. The topological polar surface area (TPSA) is 98.7 Å². The first kappa shape index (κ1) is 20.5. The van der Waals surface area contributed by atoms with Crippen LogP contribution in [0.25, 0.3) is 0 Å². The molecule has 2 bridgehead atoms. The number of piperazine rings is 1. The Hall–Kier alpha value is -3.21. The van der Waals surface area contributed by atoms with Gasteiger partial charge in [-0.15, -0.1) is 0 Å². The Kier molecular flexibility index (Phi) is 5.42. The Morgan fingerprint density at radius 1 is 1.24 bits per heavy atom. The number of allylic oxidation sites excluding steroid dienone is 2. The van der Waals surface area contributed by atoms with Gasteiger partial charge in [-0.2, -0.15) is 13.2 Å². The molecule has 2 saturated heterocycles. The largest absolute Gasteiger partial charge is 0.415 e. The van der Waals surface area contributed by atoms with Gasteiger partial charge in [0.05, 0.1) is 17.6 Å². The van der Waals surface area contributed by atoms with Crippen LogP contribution < -0.4 is 10.4 Å². The van der Waals surface area contributed by atoms with E-state index in [0.29, 0.717) is 31.5 Å². The van der Waals surface area contributed by atoms with E-state index in [0.717, 1.165) is 6.08 Å². The SMILES string of the molecule is C=C/C(=C\C(=C)C(F)(F)F)C(=O)N1CC2C[C@H]1CN2c1ncc(C(=O)NO)cn1. The van der Waals surface area contributed by atoms with Gasteiger partial charge >= 0.3 is 6.18 Å². The van der Waals surface area contributed by atoms with Gasteiger partial charge in [-0.05, 0) is 12.5 Å². The van der Waals surface area contributed by atoms with Gasteiger partial charge in [-0.1, -0.05) is 19.2 Å². The van der Waals surface area contributed by atoms with E-state index in [2.05, 4.69) is 23.1 Å². The minimum atomic E-state index is -4.62. The van der Waals surface area contributed by atoms with Crippen molar-refractivity contribution in [3.8, 4) is 0 Å². The summed E-state index contributed by atoms with van der Waals surface area (Å²) < 4.78 is 38.1. The normalized spacial score (nSPS) is 21.3. The number of carbonyl (C=O) groups excluding carboxylic acids is 2. The zero-order valence-electron chi connectivity index (χ0n) is 15.2. The van der Waals surface area contributed by atoms with Crippen LogP contribution in [0.15, 0.2) is 48.8 Å². The number of halogens is 3. The summed E-state index contributed by atoms with van der Waals surface area (Å²) >= 11 is 0. The molecule has 1 unspecified atom stereocenters.